The highest BCUT2D eigenvalue weighted by Crippen LogP contribution is 2.22. The van der Waals surface area contributed by atoms with Crippen molar-refractivity contribution in [1.82, 2.24) is 5.32 Å². The SMILES string of the molecule is CC(c1ccccc1)c1ccccc1.CCCNCCC. The minimum atomic E-state index is 0.484. The molecule has 0 saturated heterocycles. The molecule has 114 valence electrons. The second-order valence-corrected chi connectivity index (χ2v) is 5.29. The number of benzene rings is 2. The molecule has 0 fully saturated rings. The predicted molar refractivity (Wildman–Crippen MR) is 93.9 cm³/mol. The molecule has 21 heavy (non-hydrogen) atoms. The van der Waals surface area contributed by atoms with Crippen molar-refractivity contribution in [3.05, 3.63) is 71.8 Å². The van der Waals surface area contributed by atoms with Crippen molar-refractivity contribution in [2.75, 3.05) is 13.1 Å². The molecule has 0 aromatic heterocycles. The van der Waals surface area contributed by atoms with Crippen molar-refractivity contribution in [2.45, 2.75) is 39.5 Å². The zero-order chi connectivity index (χ0) is 15.3. The van der Waals surface area contributed by atoms with Crippen LogP contribution in [0.4, 0.5) is 0 Å². The molecule has 0 aliphatic rings. The number of nitrogens with one attached hydrogen (secondary N) is 1. The summed E-state index contributed by atoms with van der Waals surface area (Å²) in [6.45, 7) is 8.96. The van der Waals surface area contributed by atoms with Crippen molar-refractivity contribution >= 4 is 0 Å². The van der Waals surface area contributed by atoms with Gasteiger partial charge in [-0.05, 0) is 37.1 Å². The molecule has 0 spiro atoms. The maximum absolute atomic E-state index is 3.28. The van der Waals surface area contributed by atoms with Crippen LogP contribution in [0.15, 0.2) is 60.7 Å². The van der Waals surface area contributed by atoms with Gasteiger partial charge in [0.25, 0.3) is 0 Å². The summed E-state index contributed by atoms with van der Waals surface area (Å²) in [6, 6.07) is 21.2. The van der Waals surface area contributed by atoms with E-state index in [9.17, 15) is 0 Å². The van der Waals surface area contributed by atoms with Gasteiger partial charge in [-0.1, -0.05) is 81.4 Å². The lowest BCUT2D eigenvalue weighted by molar-refractivity contribution is 0.662. The molecule has 0 amide bonds. The third-order valence-electron chi connectivity index (χ3n) is 3.45. The van der Waals surface area contributed by atoms with E-state index in [2.05, 4.69) is 86.8 Å². The Hall–Kier alpha value is -1.60. The van der Waals surface area contributed by atoms with E-state index in [1.165, 1.54) is 37.1 Å². The molecule has 0 heterocycles. The number of hydrogen-bond donors (Lipinski definition) is 1. The summed E-state index contributed by atoms with van der Waals surface area (Å²) in [5, 5.41) is 3.28. The predicted octanol–water partition coefficient (Wildman–Crippen LogP) is 5.23. The molecular weight excluding hydrogens is 254 g/mol. The molecule has 1 nitrogen and oxygen atoms in total. The molecule has 0 atom stereocenters. The minimum Gasteiger partial charge on any atom is -0.317 e. The Morgan fingerprint density at radius 1 is 0.714 bits per heavy atom. The van der Waals surface area contributed by atoms with Crippen molar-refractivity contribution in [3.8, 4) is 0 Å². The van der Waals surface area contributed by atoms with Crippen LogP contribution in [0.2, 0.25) is 0 Å². The van der Waals surface area contributed by atoms with E-state index >= 15 is 0 Å². The van der Waals surface area contributed by atoms with E-state index in [4.69, 9.17) is 0 Å². The first-order valence-electron chi connectivity index (χ1n) is 8.10. The monoisotopic (exact) mass is 283 g/mol. The molecule has 0 aliphatic carbocycles. The highest BCUT2D eigenvalue weighted by molar-refractivity contribution is 5.31. The van der Waals surface area contributed by atoms with Gasteiger partial charge in [-0.3, -0.25) is 0 Å². The Bertz CT molecular complexity index is 406. The fourth-order valence-corrected chi connectivity index (χ4v) is 2.15. The quantitative estimate of drug-likeness (QED) is 0.715. The van der Waals surface area contributed by atoms with Gasteiger partial charge in [0.15, 0.2) is 0 Å². The molecule has 2 aromatic rings. The Balaban J connectivity index is 0.000000270. The summed E-state index contributed by atoms with van der Waals surface area (Å²) in [4.78, 5) is 0. The van der Waals surface area contributed by atoms with Crippen LogP contribution in [0.1, 0.15) is 50.7 Å². The van der Waals surface area contributed by atoms with Crippen molar-refractivity contribution < 1.29 is 0 Å². The third kappa shape index (κ3) is 7.10. The summed E-state index contributed by atoms with van der Waals surface area (Å²) < 4.78 is 0. The maximum atomic E-state index is 3.28. The summed E-state index contributed by atoms with van der Waals surface area (Å²) in [6.07, 6.45) is 2.50. The van der Waals surface area contributed by atoms with Gasteiger partial charge in [0.2, 0.25) is 0 Å². The Morgan fingerprint density at radius 3 is 1.43 bits per heavy atom. The van der Waals surface area contributed by atoms with Crippen LogP contribution in [0.5, 0.6) is 0 Å². The molecule has 1 N–H and O–H groups in total. The Morgan fingerprint density at radius 2 is 1.10 bits per heavy atom. The zero-order valence-corrected chi connectivity index (χ0v) is 13.7. The van der Waals surface area contributed by atoms with Crippen molar-refractivity contribution in [2.24, 2.45) is 0 Å². The van der Waals surface area contributed by atoms with Crippen LogP contribution in [0.3, 0.4) is 0 Å². The van der Waals surface area contributed by atoms with Gasteiger partial charge in [0.05, 0.1) is 0 Å². The van der Waals surface area contributed by atoms with E-state index in [1.54, 1.807) is 0 Å². The number of rotatable bonds is 6. The van der Waals surface area contributed by atoms with Gasteiger partial charge in [-0.2, -0.15) is 0 Å². The van der Waals surface area contributed by atoms with Gasteiger partial charge >= 0.3 is 0 Å². The van der Waals surface area contributed by atoms with Gasteiger partial charge < -0.3 is 5.32 Å². The van der Waals surface area contributed by atoms with Crippen LogP contribution in [-0.4, -0.2) is 13.1 Å². The number of hydrogen-bond acceptors (Lipinski definition) is 1. The minimum absolute atomic E-state index is 0.484. The van der Waals surface area contributed by atoms with Crippen LogP contribution in [-0.2, 0) is 0 Å². The fraction of sp³-hybridized carbons (Fsp3) is 0.400. The first-order chi connectivity index (χ1) is 10.3. The van der Waals surface area contributed by atoms with Gasteiger partial charge in [-0.25, -0.2) is 0 Å². The standard InChI is InChI=1S/C14H14.C6H15N/c1-12(13-8-4-2-5-9-13)14-10-6-3-7-11-14;1-3-5-7-6-4-2/h2-12H,1H3;7H,3-6H2,1-2H3. The Labute approximate surface area is 130 Å². The normalized spacial score (nSPS) is 10.1. The molecule has 0 bridgehead atoms. The molecule has 0 aliphatic heterocycles. The maximum Gasteiger partial charge on any atom is 0.00610 e. The largest absolute Gasteiger partial charge is 0.317 e. The first-order valence-corrected chi connectivity index (χ1v) is 8.10. The average Bonchev–Trinajstić information content (AvgIpc) is 2.57. The van der Waals surface area contributed by atoms with E-state index < -0.39 is 0 Å². The van der Waals surface area contributed by atoms with Crippen LogP contribution in [0, 0.1) is 0 Å². The Kier molecular flexibility index (Phi) is 9.23. The zero-order valence-electron chi connectivity index (χ0n) is 13.7. The highest BCUT2D eigenvalue weighted by Gasteiger charge is 2.05. The van der Waals surface area contributed by atoms with Gasteiger partial charge in [-0.15, -0.1) is 0 Å². The molecule has 2 rings (SSSR count). The molecular formula is C20H29N. The van der Waals surface area contributed by atoms with Crippen molar-refractivity contribution in [3.63, 3.8) is 0 Å². The van der Waals surface area contributed by atoms with Crippen LogP contribution >= 0.6 is 0 Å². The van der Waals surface area contributed by atoms with Gasteiger partial charge in [0.1, 0.15) is 0 Å². The second kappa shape index (κ2) is 11.1. The summed E-state index contributed by atoms with van der Waals surface area (Å²) in [7, 11) is 0. The first kappa shape index (κ1) is 17.5. The topological polar surface area (TPSA) is 12.0 Å². The third-order valence-corrected chi connectivity index (χ3v) is 3.45. The summed E-state index contributed by atoms with van der Waals surface area (Å²) in [5.41, 5.74) is 2.75. The summed E-state index contributed by atoms with van der Waals surface area (Å²) in [5.74, 6) is 0.484. The van der Waals surface area contributed by atoms with E-state index in [-0.39, 0.29) is 0 Å². The van der Waals surface area contributed by atoms with Gasteiger partial charge in [0, 0.05) is 5.92 Å². The smallest absolute Gasteiger partial charge is 0.00610 e. The highest BCUT2D eigenvalue weighted by atomic mass is 14.8. The molecule has 0 saturated carbocycles. The molecule has 2 aromatic carbocycles. The average molecular weight is 283 g/mol. The molecule has 0 radical (unpaired) electrons. The van der Waals surface area contributed by atoms with E-state index in [0.29, 0.717) is 5.92 Å². The van der Waals surface area contributed by atoms with Crippen LogP contribution in [0.25, 0.3) is 0 Å². The lowest BCUT2D eigenvalue weighted by atomic mass is 9.93. The van der Waals surface area contributed by atoms with E-state index in [0.717, 1.165) is 0 Å². The molecule has 1 heteroatoms. The lowest BCUT2D eigenvalue weighted by Gasteiger charge is -2.11. The van der Waals surface area contributed by atoms with E-state index in [1.807, 2.05) is 0 Å². The second-order valence-electron chi connectivity index (χ2n) is 5.29. The molecule has 0 unspecified atom stereocenters. The summed E-state index contributed by atoms with van der Waals surface area (Å²) >= 11 is 0. The fourth-order valence-electron chi connectivity index (χ4n) is 2.15. The lowest BCUT2D eigenvalue weighted by Crippen LogP contribution is -2.14. The van der Waals surface area contributed by atoms with Crippen molar-refractivity contribution in [1.29, 1.82) is 0 Å². The van der Waals surface area contributed by atoms with Crippen LogP contribution < -0.4 is 5.32 Å².